The molecular weight excluding hydrogens is 462 g/mol. The fraction of sp³-hybridized carbons (Fsp3) is 0.300. The number of aryl methyl sites for hydroxylation is 3. The van der Waals surface area contributed by atoms with Gasteiger partial charge in [0.2, 0.25) is 10.0 Å². The fourth-order valence-corrected chi connectivity index (χ4v) is 5.67. The molecule has 0 aliphatic heterocycles. The first-order valence-corrected chi connectivity index (χ1v) is 12.1. The third-order valence-corrected chi connectivity index (χ3v) is 7.41. The predicted molar refractivity (Wildman–Crippen MR) is 120 cm³/mol. The van der Waals surface area contributed by atoms with Crippen LogP contribution >= 0.6 is 22.9 Å². The third kappa shape index (κ3) is 4.26. The van der Waals surface area contributed by atoms with E-state index in [-0.39, 0.29) is 27.3 Å². The number of aromatic nitrogens is 1. The number of hydrogen-bond donors (Lipinski definition) is 2. The van der Waals surface area contributed by atoms with Crippen molar-refractivity contribution < 1.29 is 22.8 Å². The molecule has 2 aromatic heterocycles. The number of sulfonamides is 1. The van der Waals surface area contributed by atoms with E-state index in [0.29, 0.717) is 17.8 Å². The second kappa shape index (κ2) is 8.71. The Bertz CT molecular complexity index is 1260. The van der Waals surface area contributed by atoms with Gasteiger partial charge in [-0.2, -0.15) is 0 Å². The maximum Gasteiger partial charge on any atom is 0.276 e. The molecule has 2 heterocycles. The van der Waals surface area contributed by atoms with Crippen molar-refractivity contribution in [1.29, 1.82) is 0 Å². The van der Waals surface area contributed by atoms with Crippen LogP contribution in [0.2, 0.25) is 5.02 Å². The van der Waals surface area contributed by atoms with Crippen molar-refractivity contribution in [3.8, 4) is 0 Å². The first-order valence-electron chi connectivity index (χ1n) is 9.26. The van der Waals surface area contributed by atoms with E-state index in [4.69, 9.17) is 21.3 Å². The van der Waals surface area contributed by atoms with Gasteiger partial charge in [0.05, 0.1) is 5.69 Å². The monoisotopic (exact) mass is 483 g/mol. The van der Waals surface area contributed by atoms with Crippen LogP contribution in [0, 0.1) is 27.7 Å². The van der Waals surface area contributed by atoms with Crippen molar-refractivity contribution in [3.05, 3.63) is 55.4 Å². The van der Waals surface area contributed by atoms with Gasteiger partial charge in [0, 0.05) is 6.61 Å². The number of benzene rings is 1. The highest BCUT2D eigenvalue weighted by Crippen LogP contribution is 2.41. The summed E-state index contributed by atoms with van der Waals surface area (Å²) in [6, 6.07) is 3.17. The Morgan fingerprint density at radius 2 is 1.97 bits per heavy atom. The van der Waals surface area contributed by atoms with Crippen LogP contribution in [0.3, 0.4) is 0 Å². The molecule has 31 heavy (non-hydrogen) atoms. The minimum atomic E-state index is -4.13. The molecule has 0 spiro atoms. The molecule has 0 atom stereocenters. The van der Waals surface area contributed by atoms with Gasteiger partial charge in [-0.25, -0.2) is 18.5 Å². The summed E-state index contributed by atoms with van der Waals surface area (Å²) in [5.74, 6) is -0.690. The average molecular weight is 484 g/mol. The smallest absolute Gasteiger partial charge is 0.276 e. The van der Waals surface area contributed by atoms with E-state index in [2.05, 4.69) is 5.16 Å². The highest BCUT2D eigenvalue weighted by molar-refractivity contribution is 7.89. The molecule has 3 rings (SSSR count). The quantitative estimate of drug-likeness (QED) is 0.549. The molecule has 0 radical (unpaired) electrons. The summed E-state index contributed by atoms with van der Waals surface area (Å²) >= 11 is 7.34. The minimum Gasteiger partial charge on any atom is -0.396 e. The van der Waals surface area contributed by atoms with Gasteiger partial charge < -0.3 is 9.63 Å². The second-order valence-electron chi connectivity index (χ2n) is 7.12. The van der Waals surface area contributed by atoms with Crippen molar-refractivity contribution in [2.45, 2.75) is 39.0 Å². The van der Waals surface area contributed by atoms with Gasteiger partial charge in [0.1, 0.15) is 20.5 Å². The Labute approximate surface area is 189 Å². The van der Waals surface area contributed by atoms with Gasteiger partial charge in [-0.3, -0.25) is 4.79 Å². The molecule has 0 bridgehead atoms. The van der Waals surface area contributed by atoms with Gasteiger partial charge in [0.25, 0.3) is 11.8 Å². The molecule has 0 saturated carbocycles. The first-order chi connectivity index (χ1) is 14.5. The molecule has 0 aliphatic carbocycles. The number of thiophene rings is 1. The number of nitrogens with zero attached hydrogens (tertiary/aromatic N) is 2. The van der Waals surface area contributed by atoms with Crippen LogP contribution in [0.15, 0.2) is 26.9 Å². The standard InChI is InChI=1S/C20H22ClN3O5S2/c1-10-9-11(2)17(12(3)14(10)5-7-25)24(20-16(21)13(4)23-29-20)19(26)18-15(6-8-30-18)31(22,27)28/h6,8-9,25H,5,7H2,1-4H3,(H2,22,27,28). The molecule has 1 amide bonds. The van der Waals surface area contributed by atoms with Crippen LogP contribution in [-0.4, -0.2) is 31.2 Å². The Balaban J connectivity index is 2.33. The molecule has 8 nitrogen and oxygen atoms in total. The lowest BCUT2D eigenvalue weighted by atomic mass is 9.94. The minimum absolute atomic E-state index is 0.0251. The molecule has 3 N–H and O–H groups in total. The normalized spacial score (nSPS) is 11.7. The highest BCUT2D eigenvalue weighted by atomic mass is 35.5. The van der Waals surface area contributed by atoms with Crippen molar-refractivity contribution in [3.63, 3.8) is 0 Å². The predicted octanol–water partition coefficient (Wildman–Crippen LogP) is 3.78. The summed E-state index contributed by atoms with van der Waals surface area (Å²) in [7, 11) is -4.13. The number of amides is 1. The lowest BCUT2D eigenvalue weighted by Gasteiger charge is -2.26. The largest absolute Gasteiger partial charge is 0.396 e. The Morgan fingerprint density at radius 3 is 2.52 bits per heavy atom. The van der Waals surface area contributed by atoms with Gasteiger partial charge >= 0.3 is 0 Å². The Kier molecular flexibility index (Phi) is 6.59. The number of aliphatic hydroxyl groups is 1. The SMILES string of the molecule is Cc1cc(C)c(N(C(=O)c2sccc2S(N)(=O)=O)c2onc(C)c2Cl)c(C)c1CCO. The molecule has 166 valence electrons. The summed E-state index contributed by atoms with van der Waals surface area (Å²) in [5.41, 5.74) is 4.16. The number of hydrogen-bond acceptors (Lipinski definition) is 7. The summed E-state index contributed by atoms with van der Waals surface area (Å²) < 4.78 is 29.4. The highest BCUT2D eigenvalue weighted by Gasteiger charge is 2.33. The zero-order valence-electron chi connectivity index (χ0n) is 17.4. The van der Waals surface area contributed by atoms with Crippen LogP contribution in [0.1, 0.15) is 37.6 Å². The van der Waals surface area contributed by atoms with Crippen LogP contribution in [0.5, 0.6) is 0 Å². The van der Waals surface area contributed by atoms with Crippen LogP contribution in [0.4, 0.5) is 11.6 Å². The molecule has 0 saturated heterocycles. The lowest BCUT2D eigenvalue weighted by Crippen LogP contribution is -2.29. The second-order valence-corrected chi connectivity index (χ2v) is 9.95. The van der Waals surface area contributed by atoms with Crippen LogP contribution in [-0.2, 0) is 16.4 Å². The molecule has 3 aromatic rings. The third-order valence-electron chi connectivity index (χ3n) is 4.99. The van der Waals surface area contributed by atoms with E-state index in [0.717, 1.165) is 33.6 Å². The zero-order chi connectivity index (χ0) is 23.1. The maximum absolute atomic E-state index is 13.7. The number of carbonyl (C=O) groups excluding carboxylic acids is 1. The van der Waals surface area contributed by atoms with E-state index < -0.39 is 15.9 Å². The fourth-order valence-electron chi connectivity index (χ4n) is 3.62. The van der Waals surface area contributed by atoms with Gasteiger partial charge in [-0.15, -0.1) is 11.3 Å². The number of anilines is 2. The van der Waals surface area contributed by atoms with Crippen molar-refractivity contribution in [2.24, 2.45) is 5.14 Å². The van der Waals surface area contributed by atoms with Gasteiger partial charge in [-0.1, -0.05) is 22.8 Å². The van der Waals surface area contributed by atoms with Crippen molar-refractivity contribution in [2.75, 3.05) is 11.5 Å². The molecule has 0 fully saturated rings. The van der Waals surface area contributed by atoms with Gasteiger partial charge in [-0.05, 0) is 67.8 Å². The zero-order valence-corrected chi connectivity index (χ0v) is 19.8. The number of rotatable bonds is 6. The lowest BCUT2D eigenvalue weighted by molar-refractivity contribution is 0.0995. The van der Waals surface area contributed by atoms with E-state index in [1.54, 1.807) is 6.92 Å². The van der Waals surface area contributed by atoms with Crippen molar-refractivity contribution in [1.82, 2.24) is 5.16 Å². The molecule has 11 heteroatoms. The number of nitrogens with two attached hydrogens (primary N) is 1. The summed E-state index contributed by atoms with van der Waals surface area (Å²) in [6.07, 6.45) is 0.386. The van der Waals surface area contributed by atoms with Crippen LogP contribution < -0.4 is 10.0 Å². The van der Waals surface area contributed by atoms with E-state index >= 15 is 0 Å². The molecule has 1 aromatic carbocycles. The Hall–Kier alpha value is -2.24. The Morgan fingerprint density at radius 1 is 1.29 bits per heavy atom. The number of halogens is 1. The average Bonchev–Trinajstić information content (AvgIpc) is 3.30. The van der Waals surface area contributed by atoms with Crippen molar-refractivity contribution >= 4 is 50.4 Å². The molecule has 0 aliphatic rings. The number of carbonyl (C=O) groups is 1. The van der Waals surface area contributed by atoms with Crippen LogP contribution in [0.25, 0.3) is 0 Å². The van der Waals surface area contributed by atoms with Gasteiger partial charge in [0.15, 0.2) is 0 Å². The summed E-state index contributed by atoms with van der Waals surface area (Å²) in [6.45, 7) is 7.13. The molecule has 0 unspecified atom stereocenters. The number of aliphatic hydroxyl groups excluding tert-OH is 1. The molecular formula is C20H22ClN3O5S2. The van der Waals surface area contributed by atoms with E-state index in [1.807, 2.05) is 26.8 Å². The van der Waals surface area contributed by atoms with E-state index in [1.165, 1.54) is 16.3 Å². The maximum atomic E-state index is 13.7. The first kappa shape index (κ1) is 23.4. The van der Waals surface area contributed by atoms with E-state index in [9.17, 15) is 18.3 Å². The summed E-state index contributed by atoms with van der Waals surface area (Å²) in [5, 5.41) is 20.3. The topological polar surface area (TPSA) is 127 Å². The summed E-state index contributed by atoms with van der Waals surface area (Å²) in [4.78, 5) is 14.6. The number of primary sulfonamides is 1.